The summed E-state index contributed by atoms with van der Waals surface area (Å²) >= 11 is 0. The average Bonchev–Trinajstić information content (AvgIpc) is 2.32. The van der Waals surface area contributed by atoms with Crippen molar-refractivity contribution in [1.29, 1.82) is 0 Å². The molecule has 0 saturated carbocycles. The standard InChI is InChI=1S/C13H28N2O3S/c1-4-9-19(17,18)14(3)10-13(16)11-15-7-5-12(2)6-8-15/h12-13,16H,4-11H2,1-3H3/t13-/m1/s1. The molecule has 1 fully saturated rings. The Morgan fingerprint density at radius 2 is 1.95 bits per heavy atom. The summed E-state index contributed by atoms with van der Waals surface area (Å²) < 4.78 is 24.9. The maximum absolute atomic E-state index is 11.8. The molecule has 0 spiro atoms. The third kappa shape index (κ3) is 5.77. The van der Waals surface area contributed by atoms with Gasteiger partial charge in [0.1, 0.15) is 0 Å². The van der Waals surface area contributed by atoms with Crippen LogP contribution in [0.25, 0.3) is 0 Å². The number of aliphatic hydroxyl groups is 1. The van der Waals surface area contributed by atoms with Crippen molar-refractivity contribution < 1.29 is 13.5 Å². The second-order valence-corrected chi connectivity index (χ2v) is 7.93. The van der Waals surface area contributed by atoms with Crippen LogP contribution < -0.4 is 0 Å². The lowest BCUT2D eigenvalue weighted by Crippen LogP contribution is -2.43. The number of aliphatic hydroxyl groups excluding tert-OH is 1. The highest BCUT2D eigenvalue weighted by molar-refractivity contribution is 7.89. The van der Waals surface area contributed by atoms with Gasteiger partial charge in [-0.3, -0.25) is 0 Å². The van der Waals surface area contributed by atoms with Crippen molar-refractivity contribution in [3.63, 3.8) is 0 Å². The van der Waals surface area contributed by atoms with Gasteiger partial charge in [0, 0.05) is 20.1 Å². The Morgan fingerprint density at radius 3 is 2.47 bits per heavy atom. The fourth-order valence-corrected chi connectivity index (χ4v) is 3.65. The lowest BCUT2D eigenvalue weighted by Gasteiger charge is -2.32. The zero-order valence-electron chi connectivity index (χ0n) is 12.4. The highest BCUT2D eigenvalue weighted by Crippen LogP contribution is 2.16. The van der Waals surface area contributed by atoms with Crippen LogP contribution in [0.3, 0.4) is 0 Å². The molecule has 0 unspecified atom stereocenters. The Hall–Kier alpha value is -0.170. The fourth-order valence-electron chi connectivity index (χ4n) is 2.42. The second kappa shape index (κ2) is 7.57. The number of nitrogens with zero attached hydrogens (tertiary/aromatic N) is 2. The SMILES string of the molecule is CCCS(=O)(=O)N(C)C[C@@H](O)CN1CCC(C)CC1. The highest BCUT2D eigenvalue weighted by atomic mass is 32.2. The third-order valence-corrected chi connectivity index (χ3v) is 5.77. The van der Waals surface area contributed by atoms with Crippen molar-refractivity contribution in [2.24, 2.45) is 5.92 Å². The van der Waals surface area contributed by atoms with E-state index in [0.717, 1.165) is 31.8 Å². The van der Waals surface area contributed by atoms with Crippen LogP contribution in [0.5, 0.6) is 0 Å². The van der Waals surface area contributed by atoms with Gasteiger partial charge in [-0.1, -0.05) is 13.8 Å². The summed E-state index contributed by atoms with van der Waals surface area (Å²) in [5.41, 5.74) is 0. The van der Waals surface area contributed by atoms with E-state index in [1.165, 1.54) is 4.31 Å². The lowest BCUT2D eigenvalue weighted by molar-refractivity contribution is 0.0813. The fraction of sp³-hybridized carbons (Fsp3) is 1.00. The minimum absolute atomic E-state index is 0.150. The first-order chi connectivity index (χ1) is 8.85. The van der Waals surface area contributed by atoms with E-state index in [1.807, 2.05) is 6.92 Å². The van der Waals surface area contributed by atoms with Gasteiger partial charge in [0.25, 0.3) is 0 Å². The number of hydrogen-bond acceptors (Lipinski definition) is 4. The van der Waals surface area contributed by atoms with Gasteiger partial charge in [0.15, 0.2) is 0 Å². The van der Waals surface area contributed by atoms with Gasteiger partial charge in [0.05, 0.1) is 11.9 Å². The number of hydrogen-bond donors (Lipinski definition) is 1. The van der Waals surface area contributed by atoms with Crippen LogP contribution in [-0.2, 0) is 10.0 Å². The largest absolute Gasteiger partial charge is 0.390 e. The van der Waals surface area contributed by atoms with Crippen molar-refractivity contribution in [3.05, 3.63) is 0 Å². The summed E-state index contributed by atoms with van der Waals surface area (Å²) in [4.78, 5) is 2.23. The summed E-state index contributed by atoms with van der Waals surface area (Å²) in [6.45, 7) is 6.86. The molecular formula is C13H28N2O3S. The van der Waals surface area contributed by atoms with Gasteiger partial charge >= 0.3 is 0 Å². The Balaban J connectivity index is 2.36. The molecule has 1 aliphatic heterocycles. The Kier molecular flexibility index (Phi) is 6.73. The monoisotopic (exact) mass is 292 g/mol. The number of sulfonamides is 1. The van der Waals surface area contributed by atoms with Gasteiger partial charge in [-0.05, 0) is 38.3 Å². The van der Waals surface area contributed by atoms with Crippen LogP contribution in [0, 0.1) is 5.92 Å². The normalized spacial score (nSPS) is 20.9. The van der Waals surface area contributed by atoms with Gasteiger partial charge in [0.2, 0.25) is 10.0 Å². The van der Waals surface area contributed by atoms with Crippen molar-refractivity contribution >= 4 is 10.0 Å². The molecule has 0 bridgehead atoms. The van der Waals surface area contributed by atoms with E-state index in [-0.39, 0.29) is 12.3 Å². The van der Waals surface area contributed by atoms with Crippen LogP contribution in [0.4, 0.5) is 0 Å². The van der Waals surface area contributed by atoms with Crippen LogP contribution >= 0.6 is 0 Å². The van der Waals surface area contributed by atoms with E-state index >= 15 is 0 Å². The molecule has 6 heteroatoms. The maximum atomic E-state index is 11.8. The molecule has 1 rings (SSSR count). The van der Waals surface area contributed by atoms with E-state index < -0.39 is 16.1 Å². The summed E-state index contributed by atoms with van der Waals surface area (Å²) in [6, 6.07) is 0. The molecule has 0 aromatic heterocycles. The zero-order valence-corrected chi connectivity index (χ0v) is 13.2. The second-order valence-electron chi connectivity index (χ2n) is 5.73. The summed E-state index contributed by atoms with van der Waals surface area (Å²) in [5, 5.41) is 10.0. The number of likely N-dealkylation sites (tertiary alicyclic amines) is 1. The van der Waals surface area contributed by atoms with Crippen molar-refractivity contribution in [1.82, 2.24) is 9.21 Å². The van der Waals surface area contributed by atoms with E-state index in [1.54, 1.807) is 7.05 Å². The van der Waals surface area contributed by atoms with Crippen LogP contribution in [0.2, 0.25) is 0 Å². The molecule has 114 valence electrons. The first kappa shape index (κ1) is 16.9. The summed E-state index contributed by atoms with van der Waals surface area (Å²) in [5.74, 6) is 0.915. The molecule has 1 N–H and O–H groups in total. The molecule has 0 aromatic carbocycles. The Morgan fingerprint density at radius 1 is 1.37 bits per heavy atom. The van der Waals surface area contributed by atoms with Crippen LogP contribution in [0.15, 0.2) is 0 Å². The van der Waals surface area contributed by atoms with Crippen LogP contribution in [-0.4, -0.2) is 67.8 Å². The molecule has 0 aliphatic carbocycles. The first-order valence-electron chi connectivity index (χ1n) is 7.19. The van der Waals surface area contributed by atoms with Crippen molar-refractivity contribution in [2.45, 2.75) is 39.2 Å². The quantitative estimate of drug-likeness (QED) is 0.752. The molecule has 0 amide bonds. The third-order valence-electron chi connectivity index (χ3n) is 3.75. The first-order valence-corrected chi connectivity index (χ1v) is 8.80. The van der Waals surface area contributed by atoms with Crippen LogP contribution in [0.1, 0.15) is 33.1 Å². The summed E-state index contributed by atoms with van der Waals surface area (Å²) in [6.07, 6.45) is 2.32. The minimum Gasteiger partial charge on any atom is -0.390 e. The minimum atomic E-state index is -3.20. The van der Waals surface area contributed by atoms with Crippen molar-refractivity contribution in [2.75, 3.05) is 39.0 Å². The summed E-state index contributed by atoms with van der Waals surface area (Å²) in [7, 11) is -1.65. The number of likely N-dealkylation sites (N-methyl/N-ethyl adjacent to an activating group) is 1. The topological polar surface area (TPSA) is 60.9 Å². The average molecular weight is 292 g/mol. The molecule has 1 heterocycles. The van der Waals surface area contributed by atoms with E-state index in [4.69, 9.17) is 0 Å². The molecule has 0 radical (unpaired) electrons. The number of β-amino-alcohol motifs (C(OH)–C–C–N with tert-alkyl or cyclic N) is 1. The molecular weight excluding hydrogens is 264 g/mol. The smallest absolute Gasteiger partial charge is 0.213 e. The Bertz CT molecular complexity index is 351. The lowest BCUT2D eigenvalue weighted by atomic mass is 9.99. The zero-order chi connectivity index (χ0) is 14.5. The van der Waals surface area contributed by atoms with Crippen molar-refractivity contribution in [3.8, 4) is 0 Å². The maximum Gasteiger partial charge on any atom is 0.213 e. The molecule has 5 nitrogen and oxygen atoms in total. The van der Waals surface area contributed by atoms with Gasteiger partial charge in [-0.2, -0.15) is 0 Å². The van der Waals surface area contributed by atoms with E-state index in [9.17, 15) is 13.5 Å². The predicted octanol–water partition coefficient (Wildman–Crippen LogP) is 0.751. The molecule has 19 heavy (non-hydrogen) atoms. The predicted molar refractivity (Wildman–Crippen MR) is 77.6 cm³/mol. The molecule has 1 atom stereocenters. The molecule has 0 aromatic rings. The van der Waals surface area contributed by atoms with Gasteiger partial charge in [-0.25, -0.2) is 12.7 Å². The molecule has 1 saturated heterocycles. The van der Waals surface area contributed by atoms with Gasteiger partial charge < -0.3 is 10.0 Å². The van der Waals surface area contributed by atoms with E-state index in [2.05, 4.69) is 11.8 Å². The Labute approximate surface area is 117 Å². The number of rotatable bonds is 7. The molecule has 1 aliphatic rings. The highest BCUT2D eigenvalue weighted by Gasteiger charge is 2.22. The number of piperidine rings is 1. The van der Waals surface area contributed by atoms with E-state index in [0.29, 0.717) is 13.0 Å². The van der Waals surface area contributed by atoms with Gasteiger partial charge in [-0.15, -0.1) is 0 Å².